The van der Waals surface area contributed by atoms with E-state index in [0.717, 1.165) is 43.4 Å². The first kappa shape index (κ1) is 25.2. The third kappa shape index (κ3) is 6.20. The Morgan fingerprint density at radius 1 is 0.971 bits per heavy atom. The minimum atomic E-state index is -4.51. The fourth-order valence-corrected chi connectivity index (χ4v) is 5.06. The van der Waals surface area contributed by atoms with Gasteiger partial charge in [-0.15, -0.1) is 0 Å². The average Bonchev–Trinajstić information content (AvgIpc) is 3.38. The van der Waals surface area contributed by atoms with E-state index in [1.165, 1.54) is 24.3 Å². The molecule has 1 saturated heterocycles. The van der Waals surface area contributed by atoms with E-state index < -0.39 is 17.6 Å². The van der Waals surface area contributed by atoms with Gasteiger partial charge in [0.05, 0.1) is 11.6 Å². The van der Waals surface area contributed by atoms with Crippen LogP contribution < -0.4 is 5.32 Å². The van der Waals surface area contributed by atoms with Crippen LogP contribution in [0.2, 0.25) is 0 Å². The van der Waals surface area contributed by atoms with Gasteiger partial charge in [-0.1, -0.05) is 31.0 Å². The summed E-state index contributed by atoms with van der Waals surface area (Å²) < 4.78 is 52.3. The van der Waals surface area contributed by atoms with E-state index in [1.54, 1.807) is 17.0 Å². The average molecular weight is 492 g/mol. The number of benzene rings is 2. The van der Waals surface area contributed by atoms with Crippen molar-refractivity contribution in [2.24, 2.45) is 5.92 Å². The minimum Gasteiger partial charge on any atom is -0.351 e. The molecule has 35 heavy (non-hydrogen) atoms. The summed E-state index contributed by atoms with van der Waals surface area (Å²) in [6.07, 6.45) is -0.457. The third-order valence-corrected chi connectivity index (χ3v) is 6.93. The first-order chi connectivity index (χ1) is 16.7. The molecule has 2 amide bonds. The summed E-state index contributed by atoms with van der Waals surface area (Å²) in [6.45, 7) is 1.91. The van der Waals surface area contributed by atoms with Gasteiger partial charge in [0, 0.05) is 38.3 Å². The van der Waals surface area contributed by atoms with Crippen LogP contribution in [-0.2, 0) is 17.5 Å². The summed E-state index contributed by atoms with van der Waals surface area (Å²) in [5, 5.41) is 2.98. The summed E-state index contributed by atoms with van der Waals surface area (Å²) >= 11 is 0. The highest BCUT2D eigenvalue weighted by molar-refractivity contribution is 5.94. The van der Waals surface area contributed by atoms with Crippen LogP contribution in [0.1, 0.15) is 47.2 Å². The van der Waals surface area contributed by atoms with Gasteiger partial charge in [-0.25, -0.2) is 4.39 Å². The predicted molar refractivity (Wildman–Crippen MR) is 123 cm³/mol. The van der Waals surface area contributed by atoms with Crippen molar-refractivity contribution in [3.8, 4) is 0 Å². The maximum Gasteiger partial charge on any atom is 0.416 e. The number of hydrogen-bond donors (Lipinski definition) is 1. The Labute approximate surface area is 202 Å². The number of piperazine rings is 1. The molecule has 0 spiro atoms. The van der Waals surface area contributed by atoms with Crippen molar-refractivity contribution >= 4 is 11.8 Å². The summed E-state index contributed by atoms with van der Waals surface area (Å²) in [4.78, 5) is 29.7. The highest BCUT2D eigenvalue weighted by Crippen LogP contribution is 2.32. The van der Waals surface area contributed by atoms with Crippen LogP contribution in [0.3, 0.4) is 0 Å². The monoisotopic (exact) mass is 491 g/mol. The topological polar surface area (TPSA) is 52.7 Å². The number of carbonyl (C=O) groups excluding carboxylic acids is 2. The van der Waals surface area contributed by atoms with Crippen LogP contribution in [0.15, 0.2) is 48.5 Å². The van der Waals surface area contributed by atoms with E-state index in [4.69, 9.17) is 0 Å². The molecule has 1 heterocycles. The number of hydrogen-bond acceptors (Lipinski definition) is 3. The number of nitrogens with zero attached hydrogens (tertiary/aromatic N) is 2. The van der Waals surface area contributed by atoms with Crippen molar-refractivity contribution < 1.29 is 27.2 Å². The van der Waals surface area contributed by atoms with Crippen LogP contribution in [0.5, 0.6) is 0 Å². The molecule has 2 fully saturated rings. The number of rotatable bonds is 6. The molecule has 4 rings (SSSR count). The van der Waals surface area contributed by atoms with Gasteiger partial charge in [0.25, 0.3) is 5.91 Å². The molecule has 5 nitrogen and oxygen atoms in total. The van der Waals surface area contributed by atoms with Gasteiger partial charge in [0.15, 0.2) is 0 Å². The number of carbonyl (C=O) groups is 2. The summed E-state index contributed by atoms with van der Waals surface area (Å²) in [5.74, 6) is -0.636. The third-order valence-electron chi connectivity index (χ3n) is 6.93. The molecule has 1 unspecified atom stereocenters. The lowest BCUT2D eigenvalue weighted by Crippen LogP contribution is -2.57. The second-order valence-corrected chi connectivity index (χ2v) is 9.24. The van der Waals surface area contributed by atoms with Gasteiger partial charge < -0.3 is 10.2 Å². The quantitative estimate of drug-likeness (QED) is 0.607. The first-order valence-corrected chi connectivity index (χ1v) is 11.9. The fraction of sp³-hybridized carbons (Fsp3) is 0.462. The van der Waals surface area contributed by atoms with Crippen molar-refractivity contribution in [1.82, 2.24) is 15.1 Å². The Hall–Kier alpha value is -2.94. The van der Waals surface area contributed by atoms with Crippen molar-refractivity contribution in [3.05, 3.63) is 71.0 Å². The zero-order valence-electron chi connectivity index (χ0n) is 19.4. The molecular formula is C26H29F4N3O2. The van der Waals surface area contributed by atoms with E-state index >= 15 is 0 Å². The zero-order valence-corrected chi connectivity index (χ0v) is 19.4. The van der Waals surface area contributed by atoms with Crippen molar-refractivity contribution in [2.45, 2.75) is 44.4 Å². The molecule has 0 aromatic heterocycles. The molecule has 1 N–H and O–H groups in total. The largest absolute Gasteiger partial charge is 0.416 e. The van der Waals surface area contributed by atoms with Crippen LogP contribution in [0.25, 0.3) is 0 Å². The van der Waals surface area contributed by atoms with Gasteiger partial charge in [0.2, 0.25) is 5.91 Å². The summed E-state index contributed by atoms with van der Waals surface area (Å²) in [7, 11) is 0. The molecule has 1 aliphatic heterocycles. The lowest BCUT2D eigenvalue weighted by Gasteiger charge is -2.40. The molecule has 188 valence electrons. The maximum absolute atomic E-state index is 13.2. The zero-order chi connectivity index (χ0) is 25.0. The molecule has 9 heteroatoms. The second kappa shape index (κ2) is 10.8. The minimum absolute atomic E-state index is 0.0117. The van der Waals surface area contributed by atoms with Crippen molar-refractivity contribution in [3.63, 3.8) is 0 Å². The molecule has 1 aliphatic carbocycles. The van der Waals surface area contributed by atoms with Crippen LogP contribution in [-0.4, -0.2) is 53.8 Å². The maximum atomic E-state index is 13.2. The molecule has 2 aliphatic rings. The fourth-order valence-electron chi connectivity index (χ4n) is 5.06. The lowest BCUT2D eigenvalue weighted by molar-refractivity contribution is -0.137. The Balaban J connectivity index is 1.39. The van der Waals surface area contributed by atoms with Crippen LogP contribution in [0, 0.1) is 11.7 Å². The smallest absolute Gasteiger partial charge is 0.351 e. The molecule has 2 aromatic carbocycles. The van der Waals surface area contributed by atoms with E-state index in [2.05, 4.69) is 10.2 Å². The van der Waals surface area contributed by atoms with Gasteiger partial charge in [-0.2, -0.15) is 13.2 Å². The summed E-state index contributed by atoms with van der Waals surface area (Å²) in [6, 6.07) is 10.1. The number of nitrogens with one attached hydrogen (secondary N) is 1. The Morgan fingerprint density at radius 3 is 2.26 bits per heavy atom. The van der Waals surface area contributed by atoms with E-state index in [9.17, 15) is 27.2 Å². The summed E-state index contributed by atoms with van der Waals surface area (Å²) in [5.41, 5.74) is -0.0276. The second-order valence-electron chi connectivity index (χ2n) is 9.24. The molecule has 1 saturated carbocycles. The van der Waals surface area contributed by atoms with E-state index in [0.29, 0.717) is 32.7 Å². The van der Waals surface area contributed by atoms with E-state index in [1.807, 2.05) is 0 Å². The Kier molecular flexibility index (Phi) is 7.74. The highest BCUT2D eigenvalue weighted by atomic mass is 19.4. The number of halogens is 4. The standard InChI is InChI=1S/C26H29F4N3O2/c27-22-10-8-18(9-11-22)17-31-24(34)23(19-4-1-2-5-19)32-12-14-33(15-13-32)25(35)20-6-3-7-21(16-20)26(28,29)30/h3,6-11,16,19,23H,1-2,4-5,12-15,17H2,(H,31,34). The highest BCUT2D eigenvalue weighted by Gasteiger charge is 2.37. The Morgan fingerprint density at radius 2 is 1.63 bits per heavy atom. The molecule has 2 aromatic rings. The van der Waals surface area contributed by atoms with Crippen LogP contribution >= 0.6 is 0 Å². The van der Waals surface area contributed by atoms with Gasteiger partial charge in [-0.05, 0) is 54.7 Å². The lowest BCUT2D eigenvalue weighted by atomic mass is 9.94. The Bertz CT molecular complexity index is 1030. The predicted octanol–water partition coefficient (Wildman–Crippen LogP) is 4.48. The normalized spacial score (nSPS) is 18.5. The van der Waals surface area contributed by atoms with Gasteiger partial charge in [-0.3, -0.25) is 14.5 Å². The SMILES string of the molecule is O=C(NCc1ccc(F)cc1)C(C1CCCC1)N1CCN(C(=O)c2cccc(C(F)(F)F)c2)CC1. The van der Waals surface area contributed by atoms with E-state index in [-0.39, 0.29) is 29.2 Å². The van der Waals surface area contributed by atoms with Crippen molar-refractivity contribution in [1.29, 1.82) is 0 Å². The molecule has 0 bridgehead atoms. The first-order valence-electron chi connectivity index (χ1n) is 11.9. The molecule has 0 radical (unpaired) electrons. The van der Waals surface area contributed by atoms with Gasteiger partial charge >= 0.3 is 6.18 Å². The number of alkyl halides is 3. The van der Waals surface area contributed by atoms with Crippen LogP contribution in [0.4, 0.5) is 17.6 Å². The van der Waals surface area contributed by atoms with Crippen molar-refractivity contribution in [2.75, 3.05) is 26.2 Å². The molecular weight excluding hydrogens is 462 g/mol. The molecule has 1 atom stereocenters. The number of amides is 2. The van der Waals surface area contributed by atoms with Gasteiger partial charge in [0.1, 0.15) is 5.82 Å².